The number of amides is 3. The maximum Gasteiger partial charge on any atom is 0.410 e. The van der Waals surface area contributed by atoms with Crippen LogP contribution in [0.2, 0.25) is 0 Å². The molecule has 1 unspecified atom stereocenters. The van der Waals surface area contributed by atoms with Gasteiger partial charge in [0.05, 0.1) is 10.6 Å². The van der Waals surface area contributed by atoms with Crippen molar-refractivity contribution in [2.24, 2.45) is 11.8 Å². The molecule has 0 aliphatic carbocycles. The molecule has 1 aromatic heterocycles. The summed E-state index contributed by atoms with van der Waals surface area (Å²) in [5.41, 5.74) is 1.14. The monoisotopic (exact) mass is 587 g/mol. The minimum atomic E-state index is -0.591. The van der Waals surface area contributed by atoms with Crippen LogP contribution in [0.5, 0.6) is 0 Å². The van der Waals surface area contributed by atoms with Gasteiger partial charge >= 0.3 is 12.1 Å². The van der Waals surface area contributed by atoms with Gasteiger partial charge in [-0.15, -0.1) is 0 Å². The third-order valence-corrected chi connectivity index (χ3v) is 8.75. The molecule has 2 fully saturated rings. The van der Waals surface area contributed by atoms with Gasteiger partial charge < -0.3 is 19.9 Å². The number of hydrogen-bond acceptors (Lipinski definition) is 7. The molecular weight excluding hydrogens is 545 g/mol. The molecule has 3 amide bonds. The number of anilines is 1. The zero-order chi connectivity index (χ0) is 29.7. The third-order valence-electron chi connectivity index (χ3n) is 7.57. The molecule has 4 rings (SSSR count). The van der Waals surface area contributed by atoms with Gasteiger partial charge in [-0.25, -0.2) is 19.0 Å². The first-order valence-corrected chi connectivity index (χ1v) is 15.2. The number of ether oxygens (including phenoxy) is 1. The largest absolute Gasteiger partial charge is 0.444 e. The van der Waals surface area contributed by atoms with Gasteiger partial charge in [0.15, 0.2) is 10.9 Å². The van der Waals surface area contributed by atoms with E-state index in [9.17, 15) is 18.8 Å². The second kappa shape index (κ2) is 13.3. The van der Waals surface area contributed by atoms with Gasteiger partial charge in [0.1, 0.15) is 11.4 Å². The molecule has 2 saturated heterocycles. The van der Waals surface area contributed by atoms with Crippen LogP contribution in [0, 0.1) is 24.6 Å². The minimum Gasteiger partial charge on any atom is -0.444 e. The number of benzene rings is 1. The fraction of sp³-hybridized carbons (Fsp3) is 0.600. The Balaban J connectivity index is 1.42. The lowest BCUT2D eigenvalue weighted by Crippen LogP contribution is -2.57. The average Bonchev–Trinajstić information content (AvgIpc) is 3.25. The number of urea groups is 1. The molecule has 0 saturated carbocycles. The molecule has 3 heterocycles. The molecule has 2 aliphatic heterocycles. The van der Waals surface area contributed by atoms with Crippen molar-refractivity contribution in [3.05, 3.63) is 46.2 Å². The normalized spacial score (nSPS) is 21.8. The van der Waals surface area contributed by atoms with E-state index in [1.54, 1.807) is 11.8 Å². The summed E-state index contributed by atoms with van der Waals surface area (Å²) >= 11 is 1.17. The fourth-order valence-corrected chi connectivity index (χ4v) is 6.60. The predicted octanol–water partition coefficient (Wildman–Crippen LogP) is 5.50. The van der Waals surface area contributed by atoms with Gasteiger partial charge in [0, 0.05) is 45.1 Å². The Hall–Kier alpha value is -3.05. The van der Waals surface area contributed by atoms with E-state index in [0.717, 1.165) is 44.5 Å². The van der Waals surface area contributed by atoms with Crippen LogP contribution in [-0.2, 0) is 11.2 Å². The van der Waals surface area contributed by atoms with E-state index < -0.39 is 5.60 Å². The molecule has 0 radical (unpaired) electrons. The summed E-state index contributed by atoms with van der Waals surface area (Å²) < 4.78 is 19.0. The van der Waals surface area contributed by atoms with Gasteiger partial charge in [0.2, 0.25) is 0 Å². The molecule has 0 bridgehead atoms. The zero-order valence-electron chi connectivity index (χ0n) is 24.7. The minimum absolute atomic E-state index is 0.00241. The number of piperidine rings is 2. The number of likely N-dealkylation sites (tertiary alicyclic amines) is 2. The smallest absolute Gasteiger partial charge is 0.410 e. The zero-order valence-corrected chi connectivity index (χ0v) is 25.5. The molecule has 2 aliphatic rings. The molecule has 11 heteroatoms. The number of rotatable bonds is 7. The summed E-state index contributed by atoms with van der Waals surface area (Å²) in [6.07, 6.45) is 3.33. The van der Waals surface area contributed by atoms with E-state index in [4.69, 9.17) is 4.74 Å². The number of aryl methyl sites for hydroxylation is 1. The topological polar surface area (TPSA) is 104 Å². The Morgan fingerprint density at radius 3 is 2.51 bits per heavy atom. The van der Waals surface area contributed by atoms with Gasteiger partial charge in [-0.05, 0) is 83.5 Å². The Kier molecular flexibility index (Phi) is 10.0. The SMILES string of the molecule is CC(=O)c1sc(NC(=O)N[C@@H]2CCN(C(=O)OC(C)(C)C)C[C@H]2CN2CCCC(Cc3ccc(F)cc3)C2)nc1C. The van der Waals surface area contributed by atoms with Crippen molar-refractivity contribution in [2.45, 2.75) is 71.9 Å². The van der Waals surface area contributed by atoms with E-state index >= 15 is 0 Å². The van der Waals surface area contributed by atoms with Crippen LogP contribution >= 0.6 is 11.3 Å². The predicted molar refractivity (Wildman–Crippen MR) is 158 cm³/mol. The Labute approximate surface area is 245 Å². The molecule has 2 aromatic rings. The molecule has 224 valence electrons. The quantitative estimate of drug-likeness (QED) is 0.415. The molecule has 0 spiro atoms. The first-order valence-electron chi connectivity index (χ1n) is 14.4. The van der Waals surface area contributed by atoms with E-state index in [-0.39, 0.29) is 35.7 Å². The summed E-state index contributed by atoms with van der Waals surface area (Å²) in [6, 6.07) is 6.21. The molecule has 41 heavy (non-hydrogen) atoms. The first-order chi connectivity index (χ1) is 19.4. The number of carbonyl (C=O) groups excluding carboxylic acids is 3. The maximum atomic E-state index is 13.4. The number of Topliss-reactive ketones (excluding diaryl/α,β-unsaturated/α-hetero) is 1. The number of thiazole rings is 1. The molecule has 1 aromatic carbocycles. The number of nitrogens with one attached hydrogen (secondary N) is 2. The summed E-state index contributed by atoms with van der Waals surface area (Å²) in [5, 5.41) is 6.29. The number of halogens is 1. The van der Waals surface area contributed by atoms with Crippen LogP contribution in [0.25, 0.3) is 0 Å². The Morgan fingerprint density at radius 1 is 1.12 bits per heavy atom. The summed E-state index contributed by atoms with van der Waals surface area (Å²) in [5.74, 6) is 0.149. The van der Waals surface area contributed by atoms with Crippen LogP contribution in [0.3, 0.4) is 0 Å². The van der Waals surface area contributed by atoms with Crippen LogP contribution in [0.4, 0.5) is 19.1 Å². The number of carbonyl (C=O) groups is 3. The van der Waals surface area contributed by atoms with Crippen molar-refractivity contribution in [1.82, 2.24) is 20.1 Å². The lowest BCUT2D eigenvalue weighted by atomic mass is 9.88. The van der Waals surface area contributed by atoms with Gasteiger partial charge in [-0.3, -0.25) is 10.1 Å². The third kappa shape index (κ3) is 8.97. The molecule has 3 atom stereocenters. The van der Waals surface area contributed by atoms with E-state index in [1.165, 1.54) is 30.4 Å². The number of hydrogen-bond donors (Lipinski definition) is 2. The Morgan fingerprint density at radius 2 is 1.85 bits per heavy atom. The lowest BCUT2D eigenvalue weighted by Gasteiger charge is -2.42. The van der Waals surface area contributed by atoms with Crippen molar-refractivity contribution in [3.8, 4) is 0 Å². The van der Waals surface area contributed by atoms with Crippen molar-refractivity contribution < 1.29 is 23.5 Å². The van der Waals surface area contributed by atoms with Crippen molar-refractivity contribution in [3.63, 3.8) is 0 Å². The van der Waals surface area contributed by atoms with Crippen LogP contribution in [-0.4, -0.2) is 77.1 Å². The standard InChI is InChI=1S/C30H42FN5O4S/c1-19-26(20(2)37)41-28(32-19)34-27(38)33-25-12-14-36(29(39)40-30(3,4)5)18-23(25)17-35-13-6-7-22(16-35)15-21-8-10-24(31)11-9-21/h8-11,22-23,25H,6-7,12-18H2,1-5H3,(H2,32,33,34,38)/t22?,23-,25-/m1/s1. The van der Waals surface area contributed by atoms with Crippen LogP contribution in [0.1, 0.15) is 67.9 Å². The van der Waals surface area contributed by atoms with Gasteiger partial charge in [-0.1, -0.05) is 23.5 Å². The van der Waals surface area contributed by atoms with E-state index in [2.05, 4.69) is 20.5 Å². The Bertz CT molecular complexity index is 1230. The van der Waals surface area contributed by atoms with Crippen molar-refractivity contribution in [2.75, 3.05) is 38.0 Å². The van der Waals surface area contributed by atoms with Crippen LogP contribution < -0.4 is 10.6 Å². The first kappa shape index (κ1) is 30.9. The highest BCUT2D eigenvalue weighted by Crippen LogP contribution is 2.27. The van der Waals surface area contributed by atoms with E-state index in [0.29, 0.717) is 41.1 Å². The summed E-state index contributed by atoms with van der Waals surface area (Å²) in [4.78, 5) is 46.8. The highest BCUT2D eigenvalue weighted by Gasteiger charge is 2.36. The second-order valence-electron chi connectivity index (χ2n) is 12.3. The highest BCUT2D eigenvalue weighted by molar-refractivity contribution is 7.17. The lowest BCUT2D eigenvalue weighted by molar-refractivity contribution is 0.00959. The number of nitrogens with zero attached hydrogens (tertiary/aromatic N) is 3. The van der Waals surface area contributed by atoms with E-state index in [1.807, 2.05) is 32.9 Å². The highest BCUT2D eigenvalue weighted by atomic mass is 32.1. The van der Waals surface area contributed by atoms with Crippen LogP contribution in [0.15, 0.2) is 24.3 Å². The average molecular weight is 588 g/mol. The molecular formula is C30H42FN5O4S. The van der Waals surface area contributed by atoms with Crippen molar-refractivity contribution >= 4 is 34.4 Å². The number of aromatic nitrogens is 1. The van der Waals surface area contributed by atoms with Gasteiger partial charge in [0.25, 0.3) is 0 Å². The van der Waals surface area contributed by atoms with Crippen molar-refractivity contribution in [1.29, 1.82) is 0 Å². The maximum absolute atomic E-state index is 13.4. The number of ketones is 1. The summed E-state index contributed by atoms with van der Waals surface area (Å²) in [7, 11) is 0. The second-order valence-corrected chi connectivity index (χ2v) is 13.3. The van der Waals surface area contributed by atoms with Gasteiger partial charge in [-0.2, -0.15) is 0 Å². The summed E-state index contributed by atoms with van der Waals surface area (Å²) in [6.45, 7) is 12.3. The molecule has 2 N–H and O–H groups in total. The fourth-order valence-electron chi connectivity index (χ4n) is 5.75. The molecule has 9 nitrogen and oxygen atoms in total.